The van der Waals surface area contributed by atoms with Crippen LogP contribution in [0, 0.1) is 11.3 Å². The van der Waals surface area contributed by atoms with E-state index < -0.39 is 0 Å². The predicted octanol–water partition coefficient (Wildman–Crippen LogP) is 4.92. The predicted molar refractivity (Wildman–Crippen MR) is 119 cm³/mol. The first-order valence-corrected chi connectivity index (χ1v) is 10.7. The van der Waals surface area contributed by atoms with Crippen molar-refractivity contribution < 1.29 is 14.2 Å². The zero-order chi connectivity index (χ0) is 22.2. The fourth-order valence-corrected chi connectivity index (χ4v) is 4.32. The van der Waals surface area contributed by atoms with Gasteiger partial charge in [-0.05, 0) is 25.0 Å². The summed E-state index contributed by atoms with van der Waals surface area (Å²) in [5.74, 6) is 1.04. The Morgan fingerprint density at radius 2 is 2.06 bits per heavy atom. The fraction of sp³-hybridized carbons (Fsp3) is 0.273. The third kappa shape index (κ3) is 3.58. The van der Waals surface area contributed by atoms with Crippen molar-refractivity contribution in [1.29, 1.82) is 5.26 Å². The van der Waals surface area contributed by atoms with Gasteiger partial charge in [-0.15, -0.1) is 0 Å². The molecule has 1 fully saturated rings. The molecule has 4 heterocycles. The number of pyridine rings is 1. The fourth-order valence-electron chi connectivity index (χ4n) is 3.89. The Morgan fingerprint density at radius 1 is 1.19 bits per heavy atom. The van der Waals surface area contributed by atoms with Crippen LogP contribution in [0.5, 0.6) is 11.5 Å². The molecular weight excluding hydrogens is 453 g/mol. The van der Waals surface area contributed by atoms with E-state index in [0.717, 1.165) is 23.9 Å². The SMILES string of the molecule is COc1cc2c(Cl)c(C#N)cnc2cc1OC[C@@H]1CC[C@H](n2ccc3c(Cl)ncnc32)O1. The molecule has 0 radical (unpaired) electrons. The molecule has 4 aromatic rings. The van der Waals surface area contributed by atoms with Crippen LogP contribution in [0.3, 0.4) is 0 Å². The van der Waals surface area contributed by atoms with Crippen LogP contribution < -0.4 is 9.47 Å². The molecule has 162 valence electrons. The molecule has 32 heavy (non-hydrogen) atoms. The third-order valence-corrected chi connectivity index (χ3v) is 6.20. The molecule has 0 unspecified atom stereocenters. The van der Waals surface area contributed by atoms with Crippen molar-refractivity contribution in [1.82, 2.24) is 19.5 Å². The Bertz CT molecular complexity index is 1370. The number of ether oxygens (including phenoxy) is 3. The maximum atomic E-state index is 9.17. The minimum Gasteiger partial charge on any atom is -0.493 e. The number of benzene rings is 1. The van der Waals surface area contributed by atoms with Gasteiger partial charge in [-0.2, -0.15) is 5.26 Å². The summed E-state index contributed by atoms with van der Waals surface area (Å²) in [5.41, 5.74) is 1.67. The molecule has 0 N–H and O–H groups in total. The molecule has 0 bridgehead atoms. The van der Waals surface area contributed by atoms with Crippen LogP contribution in [-0.2, 0) is 4.74 Å². The van der Waals surface area contributed by atoms with Crippen molar-refractivity contribution in [2.75, 3.05) is 13.7 Å². The second-order valence-electron chi connectivity index (χ2n) is 7.34. The van der Waals surface area contributed by atoms with Crippen molar-refractivity contribution in [2.45, 2.75) is 25.2 Å². The Kier molecular flexibility index (Phi) is 5.47. The molecule has 0 saturated carbocycles. The van der Waals surface area contributed by atoms with E-state index in [0.29, 0.717) is 44.7 Å². The minimum absolute atomic E-state index is 0.104. The molecule has 3 aromatic heterocycles. The van der Waals surface area contributed by atoms with E-state index in [1.54, 1.807) is 19.2 Å². The molecule has 0 amide bonds. The second-order valence-corrected chi connectivity index (χ2v) is 8.08. The summed E-state index contributed by atoms with van der Waals surface area (Å²) in [7, 11) is 1.55. The molecule has 5 rings (SSSR count). The van der Waals surface area contributed by atoms with Crippen LogP contribution in [0.15, 0.2) is 36.9 Å². The van der Waals surface area contributed by atoms with Crippen molar-refractivity contribution in [3.8, 4) is 17.6 Å². The lowest BCUT2D eigenvalue weighted by molar-refractivity contribution is -0.0159. The average Bonchev–Trinajstić information content (AvgIpc) is 3.45. The smallest absolute Gasteiger partial charge is 0.163 e. The number of rotatable bonds is 5. The van der Waals surface area contributed by atoms with Gasteiger partial charge in [0.05, 0.1) is 34.7 Å². The van der Waals surface area contributed by atoms with Gasteiger partial charge in [0, 0.05) is 23.8 Å². The van der Waals surface area contributed by atoms with Gasteiger partial charge in [0.25, 0.3) is 0 Å². The number of nitrogens with zero attached hydrogens (tertiary/aromatic N) is 5. The summed E-state index contributed by atoms with van der Waals surface area (Å²) in [6.45, 7) is 0.345. The van der Waals surface area contributed by atoms with Gasteiger partial charge in [-0.1, -0.05) is 23.2 Å². The number of hydrogen-bond acceptors (Lipinski definition) is 7. The molecule has 1 aliphatic rings. The third-order valence-electron chi connectivity index (χ3n) is 5.49. The van der Waals surface area contributed by atoms with Crippen LogP contribution in [0.2, 0.25) is 10.2 Å². The maximum Gasteiger partial charge on any atom is 0.163 e. The van der Waals surface area contributed by atoms with Crippen molar-refractivity contribution in [2.24, 2.45) is 0 Å². The topological polar surface area (TPSA) is 95.1 Å². The molecule has 2 atom stereocenters. The van der Waals surface area contributed by atoms with E-state index in [2.05, 4.69) is 15.0 Å². The Hall–Kier alpha value is -3.12. The first kappa shape index (κ1) is 20.8. The van der Waals surface area contributed by atoms with E-state index in [1.165, 1.54) is 12.5 Å². The van der Waals surface area contributed by atoms with E-state index >= 15 is 0 Å². The summed E-state index contributed by atoms with van der Waals surface area (Å²) in [6, 6.07) is 7.41. The molecular formula is C22H17Cl2N5O3. The van der Waals surface area contributed by atoms with Gasteiger partial charge in [0.1, 0.15) is 36.0 Å². The summed E-state index contributed by atoms with van der Waals surface area (Å²) < 4.78 is 19.7. The van der Waals surface area contributed by atoms with Gasteiger partial charge in [0.15, 0.2) is 11.5 Å². The summed E-state index contributed by atoms with van der Waals surface area (Å²) in [4.78, 5) is 12.7. The van der Waals surface area contributed by atoms with Gasteiger partial charge in [0.2, 0.25) is 0 Å². The van der Waals surface area contributed by atoms with Crippen molar-refractivity contribution in [3.63, 3.8) is 0 Å². The largest absolute Gasteiger partial charge is 0.493 e. The molecule has 0 spiro atoms. The highest BCUT2D eigenvalue weighted by atomic mass is 35.5. The first-order valence-electron chi connectivity index (χ1n) is 9.90. The van der Waals surface area contributed by atoms with Gasteiger partial charge >= 0.3 is 0 Å². The van der Waals surface area contributed by atoms with Crippen LogP contribution >= 0.6 is 23.2 Å². The number of aromatic nitrogens is 4. The Morgan fingerprint density at radius 3 is 2.88 bits per heavy atom. The maximum absolute atomic E-state index is 9.17. The molecule has 1 saturated heterocycles. The normalized spacial score (nSPS) is 18.2. The Labute approximate surface area is 193 Å². The highest BCUT2D eigenvalue weighted by molar-refractivity contribution is 6.36. The van der Waals surface area contributed by atoms with Gasteiger partial charge in [-0.25, -0.2) is 9.97 Å². The molecule has 1 aliphatic heterocycles. The van der Waals surface area contributed by atoms with Gasteiger partial charge < -0.3 is 18.8 Å². The minimum atomic E-state index is -0.157. The van der Waals surface area contributed by atoms with E-state index in [1.807, 2.05) is 22.9 Å². The zero-order valence-corrected chi connectivity index (χ0v) is 18.5. The number of halogens is 2. The standard InChI is InChI=1S/C22H17Cl2N5O3/c1-30-17-6-15-16(26-9-12(8-25)20(15)23)7-18(17)31-10-13-2-3-19(32-13)29-5-4-14-21(24)27-11-28-22(14)29/h4-7,9,11,13,19H,2-3,10H2,1H3/t13-,19+/m0/s1. The lowest BCUT2D eigenvalue weighted by Gasteiger charge is -2.17. The Balaban J connectivity index is 1.33. The quantitative estimate of drug-likeness (QED) is 0.382. The summed E-state index contributed by atoms with van der Waals surface area (Å²) in [5, 5.41) is 11.4. The molecule has 1 aromatic carbocycles. The molecule has 8 nitrogen and oxygen atoms in total. The highest BCUT2D eigenvalue weighted by Crippen LogP contribution is 2.37. The van der Waals surface area contributed by atoms with Crippen LogP contribution in [0.25, 0.3) is 21.9 Å². The van der Waals surface area contributed by atoms with Crippen LogP contribution in [0.1, 0.15) is 24.6 Å². The number of methoxy groups -OCH3 is 1. The molecule has 10 heteroatoms. The van der Waals surface area contributed by atoms with E-state index in [4.69, 9.17) is 42.7 Å². The average molecular weight is 470 g/mol. The van der Waals surface area contributed by atoms with E-state index in [-0.39, 0.29) is 12.3 Å². The lowest BCUT2D eigenvalue weighted by Crippen LogP contribution is -2.18. The highest BCUT2D eigenvalue weighted by Gasteiger charge is 2.28. The number of fused-ring (bicyclic) bond motifs is 2. The summed E-state index contributed by atoms with van der Waals surface area (Å²) in [6.07, 6.45) is 6.20. The number of hydrogen-bond donors (Lipinski definition) is 0. The van der Waals surface area contributed by atoms with Crippen molar-refractivity contribution >= 4 is 45.1 Å². The molecule has 0 aliphatic carbocycles. The number of nitriles is 1. The second kappa shape index (κ2) is 8.43. The van der Waals surface area contributed by atoms with Crippen LogP contribution in [0.4, 0.5) is 0 Å². The summed E-state index contributed by atoms with van der Waals surface area (Å²) >= 11 is 12.5. The van der Waals surface area contributed by atoms with E-state index in [9.17, 15) is 0 Å². The zero-order valence-electron chi connectivity index (χ0n) is 17.0. The van der Waals surface area contributed by atoms with Crippen LogP contribution in [-0.4, -0.2) is 39.3 Å². The van der Waals surface area contributed by atoms with Gasteiger partial charge in [-0.3, -0.25) is 4.98 Å². The van der Waals surface area contributed by atoms with Crippen molar-refractivity contribution in [3.05, 3.63) is 52.7 Å². The first-order chi connectivity index (χ1) is 15.6. The monoisotopic (exact) mass is 469 g/mol. The lowest BCUT2D eigenvalue weighted by atomic mass is 10.1.